The van der Waals surface area contributed by atoms with Crippen LogP contribution in [0.15, 0.2) is 0 Å². The van der Waals surface area contributed by atoms with Crippen LogP contribution in [0.5, 0.6) is 0 Å². The Hall–Kier alpha value is -0.100. The van der Waals surface area contributed by atoms with Crippen LogP contribution in [0.2, 0.25) is 0 Å². The van der Waals surface area contributed by atoms with Crippen molar-refractivity contribution in [2.24, 2.45) is 0 Å². The Morgan fingerprint density at radius 2 is 2.00 bits per heavy atom. The van der Waals surface area contributed by atoms with Crippen molar-refractivity contribution < 1.29 is 28.2 Å². The molecule has 5 atom stereocenters. The Bertz CT molecular complexity index is 341. The number of hydrogen-bond donors (Lipinski definition) is 1. The van der Waals surface area contributed by atoms with Crippen LogP contribution in [-0.2, 0) is 23.1 Å². The van der Waals surface area contributed by atoms with Gasteiger partial charge in [-0.2, -0.15) is 0 Å². The van der Waals surface area contributed by atoms with Crippen molar-refractivity contribution in [1.29, 1.82) is 0 Å². The third-order valence-electron chi connectivity index (χ3n) is 2.91. The minimum absolute atomic E-state index is 0.0997. The first-order valence-corrected chi connectivity index (χ1v) is 8.46. The molecule has 1 N–H and O–H groups in total. The van der Waals surface area contributed by atoms with E-state index in [0.717, 1.165) is 0 Å². The molecule has 1 rings (SSSR count). The maximum absolute atomic E-state index is 11.8. The third-order valence-corrected chi connectivity index (χ3v) is 3.92. The minimum atomic E-state index is -2.29. The van der Waals surface area contributed by atoms with Crippen LogP contribution >= 0.6 is 8.25 Å². The molecule has 0 aliphatic carbocycles. The van der Waals surface area contributed by atoms with Crippen LogP contribution < -0.4 is 0 Å². The fourth-order valence-corrected chi connectivity index (χ4v) is 2.92. The van der Waals surface area contributed by atoms with E-state index in [1.807, 2.05) is 27.7 Å². The largest absolute Gasteiger partial charge is 0.698 e. The van der Waals surface area contributed by atoms with Gasteiger partial charge in [0, 0.05) is 11.0 Å². The molecule has 0 saturated carbocycles. The number of ether oxygens (including phenoxy) is 2. The smallest absolute Gasteiger partial charge is 0.390 e. The predicted octanol–water partition coefficient (Wildman–Crippen LogP) is 2.81. The van der Waals surface area contributed by atoms with E-state index in [4.69, 9.17) is 18.5 Å². The van der Waals surface area contributed by atoms with Gasteiger partial charge in [-0.1, -0.05) is 0 Å². The highest BCUT2D eigenvalue weighted by molar-refractivity contribution is 7.33. The van der Waals surface area contributed by atoms with Crippen LogP contribution in [-0.4, -0.2) is 47.8 Å². The van der Waals surface area contributed by atoms with Gasteiger partial charge in [0.1, 0.15) is 12.2 Å². The molecule has 0 radical (unpaired) electrons. The molecule has 21 heavy (non-hydrogen) atoms. The van der Waals surface area contributed by atoms with Crippen LogP contribution in [0.1, 0.15) is 48.0 Å². The molecule has 1 heterocycles. The van der Waals surface area contributed by atoms with Crippen molar-refractivity contribution in [1.82, 2.24) is 0 Å². The van der Waals surface area contributed by atoms with Crippen LogP contribution in [0.4, 0.5) is 0 Å². The molecule has 1 aliphatic heterocycles. The average molecular weight is 323 g/mol. The summed E-state index contributed by atoms with van der Waals surface area (Å²) in [4.78, 5) is 0. The highest BCUT2D eigenvalue weighted by Gasteiger charge is 2.44. The summed E-state index contributed by atoms with van der Waals surface area (Å²) in [5.74, 6) is 0. The van der Waals surface area contributed by atoms with E-state index in [2.05, 4.69) is 0 Å². The third kappa shape index (κ3) is 7.13. The zero-order valence-electron chi connectivity index (χ0n) is 13.7. The quantitative estimate of drug-likeness (QED) is 0.758. The van der Waals surface area contributed by atoms with E-state index in [1.165, 1.54) is 0 Å². The SMILES string of the molecule is CC(C)O[P+](=O)OC1C(O)CC(C)OC1COC(C)(C)C. The lowest BCUT2D eigenvalue weighted by atomic mass is 9.99. The number of hydrogen-bond acceptors (Lipinski definition) is 6. The number of aliphatic hydroxyl groups is 1. The normalized spacial score (nSPS) is 31.5. The van der Waals surface area contributed by atoms with Crippen molar-refractivity contribution in [3.8, 4) is 0 Å². The average Bonchev–Trinajstić information content (AvgIpc) is 2.28. The van der Waals surface area contributed by atoms with E-state index >= 15 is 0 Å². The maximum Gasteiger partial charge on any atom is 0.698 e. The minimum Gasteiger partial charge on any atom is -0.390 e. The van der Waals surface area contributed by atoms with Gasteiger partial charge in [0.25, 0.3) is 0 Å². The lowest BCUT2D eigenvalue weighted by Crippen LogP contribution is -2.50. The van der Waals surface area contributed by atoms with Gasteiger partial charge in [0.2, 0.25) is 0 Å². The summed E-state index contributed by atoms with van der Waals surface area (Å²) in [7, 11) is -2.29. The molecule has 124 valence electrons. The highest BCUT2D eigenvalue weighted by atomic mass is 31.1. The Morgan fingerprint density at radius 3 is 2.52 bits per heavy atom. The number of rotatable bonds is 6. The van der Waals surface area contributed by atoms with Gasteiger partial charge in [0.05, 0.1) is 24.4 Å². The molecule has 0 amide bonds. The molecule has 1 fully saturated rings. The van der Waals surface area contributed by atoms with E-state index < -0.39 is 26.6 Å². The van der Waals surface area contributed by atoms with Gasteiger partial charge in [-0.3, -0.25) is 0 Å². The maximum atomic E-state index is 11.8. The van der Waals surface area contributed by atoms with Crippen LogP contribution in [0, 0.1) is 0 Å². The molecule has 6 nitrogen and oxygen atoms in total. The monoisotopic (exact) mass is 323 g/mol. The Morgan fingerprint density at radius 1 is 1.38 bits per heavy atom. The summed E-state index contributed by atoms with van der Waals surface area (Å²) in [5.41, 5.74) is -0.323. The lowest BCUT2D eigenvalue weighted by Gasteiger charge is -2.36. The van der Waals surface area contributed by atoms with E-state index in [1.54, 1.807) is 13.8 Å². The van der Waals surface area contributed by atoms with Gasteiger partial charge in [0.15, 0.2) is 6.10 Å². The summed E-state index contributed by atoms with van der Waals surface area (Å²) in [5, 5.41) is 10.2. The molecule has 0 aromatic rings. The van der Waals surface area contributed by atoms with Crippen molar-refractivity contribution in [2.75, 3.05) is 6.61 Å². The molecule has 0 aromatic carbocycles. The summed E-state index contributed by atoms with van der Waals surface area (Å²) in [6.45, 7) is 11.5. The fraction of sp³-hybridized carbons (Fsp3) is 1.00. The van der Waals surface area contributed by atoms with Crippen molar-refractivity contribution in [3.63, 3.8) is 0 Å². The number of aliphatic hydroxyl groups excluding tert-OH is 1. The first-order chi connectivity index (χ1) is 9.58. The zero-order chi connectivity index (χ0) is 16.2. The zero-order valence-corrected chi connectivity index (χ0v) is 14.6. The van der Waals surface area contributed by atoms with Gasteiger partial charge in [-0.15, -0.1) is 9.05 Å². The van der Waals surface area contributed by atoms with Gasteiger partial charge < -0.3 is 14.6 Å². The highest BCUT2D eigenvalue weighted by Crippen LogP contribution is 2.34. The Labute approximate surface area is 128 Å². The van der Waals surface area contributed by atoms with E-state index in [9.17, 15) is 9.67 Å². The molecule has 1 saturated heterocycles. The van der Waals surface area contributed by atoms with Gasteiger partial charge in [-0.05, 0) is 41.5 Å². The molecule has 1 aliphatic rings. The second-order valence-corrected chi connectivity index (χ2v) is 7.53. The predicted molar refractivity (Wildman–Crippen MR) is 79.4 cm³/mol. The van der Waals surface area contributed by atoms with E-state index in [0.29, 0.717) is 6.42 Å². The lowest BCUT2D eigenvalue weighted by molar-refractivity contribution is -0.185. The first-order valence-electron chi connectivity index (χ1n) is 7.36. The summed E-state index contributed by atoms with van der Waals surface area (Å²) in [6, 6.07) is 0. The summed E-state index contributed by atoms with van der Waals surface area (Å²) >= 11 is 0. The van der Waals surface area contributed by atoms with Crippen LogP contribution in [0.3, 0.4) is 0 Å². The first kappa shape index (κ1) is 18.9. The standard InChI is InChI=1S/C14H28O6P/c1-9(2)19-21(16)20-13-11(15)7-10(3)18-12(13)8-17-14(4,5)6/h9-13,15H,7-8H2,1-6H3/q+1. The Kier molecular flexibility index (Phi) is 7.17. The second-order valence-electron chi connectivity index (χ2n) is 6.66. The topological polar surface area (TPSA) is 74.2 Å². The fourth-order valence-electron chi connectivity index (χ4n) is 2.05. The molecule has 0 spiro atoms. The van der Waals surface area contributed by atoms with Crippen molar-refractivity contribution >= 4 is 8.25 Å². The van der Waals surface area contributed by atoms with Gasteiger partial charge >= 0.3 is 8.25 Å². The molecule has 7 heteroatoms. The van der Waals surface area contributed by atoms with Gasteiger partial charge in [-0.25, -0.2) is 0 Å². The molecule has 5 unspecified atom stereocenters. The molecular formula is C14H28O6P+. The molecule has 0 bridgehead atoms. The summed E-state index contributed by atoms with van der Waals surface area (Å²) in [6.07, 6.45) is -1.82. The van der Waals surface area contributed by atoms with E-state index in [-0.39, 0.29) is 24.4 Å². The molecular weight excluding hydrogens is 295 g/mol. The molecule has 0 aromatic heterocycles. The Balaban J connectivity index is 2.67. The second kappa shape index (κ2) is 7.95. The van der Waals surface area contributed by atoms with Crippen LogP contribution in [0.25, 0.3) is 0 Å². The van der Waals surface area contributed by atoms with Crippen molar-refractivity contribution in [3.05, 3.63) is 0 Å². The van der Waals surface area contributed by atoms with Crippen molar-refractivity contribution in [2.45, 2.75) is 84.1 Å². The summed E-state index contributed by atoms with van der Waals surface area (Å²) < 4.78 is 33.7.